The molecule has 2 saturated heterocycles. The number of benzene rings is 1. The van der Waals surface area contributed by atoms with Crippen molar-refractivity contribution in [2.45, 2.75) is 18.5 Å². The summed E-state index contributed by atoms with van der Waals surface area (Å²) in [6, 6.07) is 8.87. The summed E-state index contributed by atoms with van der Waals surface area (Å²) in [5.74, 6) is 0.240. The molecule has 2 aromatic rings. The van der Waals surface area contributed by atoms with Crippen LogP contribution in [0.4, 0.5) is 0 Å². The van der Waals surface area contributed by atoms with Gasteiger partial charge in [0.1, 0.15) is 6.54 Å². The summed E-state index contributed by atoms with van der Waals surface area (Å²) in [4.78, 5) is 26.5. The number of amides is 1. The second-order valence-electron chi connectivity index (χ2n) is 6.85. The molecule has 2 aliphatic rings. The maximum atomic E-state index is 12.8. The number of nitrogens with zero attached hydrogens (tertiary/aromatic N) is 2. The summed E-state index contributed by atoms with van der Waals surface area (Å²) in [6.07, 6.45) is 2.48. The molecule has 4 rings (SSSR count). The van der Waals surface area contributed by atoms with Gasteiger partial charge in [-0.1, -0.05) is 12.1 Å². The third kappa shape index (κ3) is 2.52. The zero-order chi connectivity index (χ0) is 16.7. The maximum Gasteiger partial charge on any atom is 0.242 e. The highest BCUT2D eigenvalue weighted by molar-refractivity contribution is 5.82. The molecule has 2 aliphatic heterocycles. The summed E-state index contributed by atoms with van der Waals surface area (Å²) in [5, 5.41) is 0.631. The standard InChI is InChI=1S/C18H21N3O3/c19-18-6-8-24-11-13(18)9-21(12-18)17(23)10-20-7-5-16(22)14-3-1-2-4-15(14)20/h1-5,7,13H,6,8-12,19H2/t13-,18+/m0/s1. The zero-order valence-electron chi connectivity index (χ0n) is 13.5. The molecule has 126 valence electrons. The van der Waals surface area contributed by atoms with Gasteiger partial charge < -0.3 is 19.9 Å². The average molecular weight is 327 g/mol. The highest BCUT2D eigenvalue weighted by Gasteiger charge is 2.46. The molecule has 2 atom stereocenters. The first-order valence-electron chi connectivity index (χ1n) is 8.29. The first-order valence-corrected chi connectivity index (χ1v) is 8.29. The molecule has 0 spiro atoms. The van der Waals surface area contributed by atoms with Crippen LogP contribution in [0.5, 0.6) is 0 Å². The molecule has 0 saturated carbocycles. The van der Waals surface area contributed by atoms with Gasteiger partial charge in [-0.25, -0.2) is 0 Å². The van der Waals surface area contributed by atoms with Gasteiger partial charge in [0.25, 0.3) is 0 Å². The van der Waals surface area contributed by atoms with E-state index in [4.69, 9.17) is 10.5 Å². The van der Waals surface area contributed by atoms with Gasteiger partial charge in [0.05, 0.1) is 12.1 Å². The van der Waals surface area contributed by atoms with Crippen molar-refractivity contribution in [2.75, 3.05) is 26.3 Å². The molecule has 1 aromatic carbocycles. The fourth-order valence-electron chi connectivity index (χ4n) is 3.82. The predicted octanol–water partition coefficient (Wildman–Crippen LogP) is 0.578. The molecular weight excluding hydrogens is 306 g/mol. The fourth-order valence-corrected chi connectivity index (χ4v) is 3.82. The van der Waals surface area contributed by atoms with Crippen molar-refractivity contribution in [1.82, 2.24) is 9.47 Å². The Morgan fingerprint density at radius 1 is 1.33 bits per heavy atom. The summed E-state index contributed by atoms with van der Waals surface area (Å²) in [7, 11) is 0. The largest absolute Gasteiger partial charge is 0.381 e. The number of nitrogens with two attached hydrogens (primary N) is 1. The van der Waals surface area contributed by atoms with Crippen LogP contribution in [0.1, 0.15) is 6.42 Å². The number of para-hydroxylation sites is 1. The number of ether oxygens (including phenoxy) is 1. The van der Waals surface area contributed by atoms with Crippen molar-refractivity contribution in [2.24, 2.45) is 11.7 Å². The average Bonchev–Trinajstić information content (AvgIpc) is 2.95. The monoisotopic (exact) mass is 327 g/mol. The van der Waals surface area contributed by atoms with Crippen molar-refractivity contribution in [1.29, 1.82) is 0 Å². The molecule has 3 heterocycles. The van der Waals surface area contributed by atoms with Crippen molar-refractivity contribution in [3.63, 3.8) is 0 Å². The lowest BCUT2D eigenvalue weighted by Crippen LogP contribution is -2.52. The van der Waals surface area contributed by atoms with Crippen LogP contribution < -0.4 is 11.2 Å². The highest BCUT2D eigenvalue weighted by Crippen LogP contribution is 2.32. The molecular formula is C18H21N3O3. The molecule has 2 fully saturated rings. The van der Waals surface area contributed by atoms with Gasteiger partial charge in [-0.15, -0.1) is 0 Å². The molecule has 6 heteroatoms. The van der Waals surface area contributed by atoms with Gasteiger partial charge in [-0.05, 0) is 18.6 Å². The Morgan fingerprint density at radius 3 is 3.00 bits per heavy atom. The van der Waals surface area contributed by atoms with E-state index in [1.807, 2.05) is 27.7 Å². The molecule has 1 amide bonds. The summed E-state index contributed by atoms with van der Waals surface area (Å²) in [6.45, 7) is 2.73. The first kappa shape index (κ1) is 15.4. The van der Waals surface area contributed by atoms with E-state index in [9.17, 15) is 9.59 Å². The molecule has 0 aliphatic carbocycles. The van der Waals surface area contributed by atoms with Gasteiger partial charge in [-0.2, -0.15) is 0 Å². The van der Waals surface area contributed by atoms with Crippen LogP contribution in [0.2, 0.25) is 0 Å². The van der Waals surface area contributed by atoms with Crippen LogP contribution in [0.25, 0.3) is 10.9 Å². The molecule has 24 heavy (non-hydrogen) atoms. The molecule has 0 radical (unpaired) electrons. The Morgan fingerprint density at radius 2 is 2.17 bits per heavy atom. The second kappa shape index (κ2) is 5.72. The number of carbonyl (C=O) groups excluding carboxylic acids is 1. The maximum absolute atomic E-state index is 12.8. The number of carbonyl (C=O) groups is 1. The Hall–Kier alpha value is -2.18. The molecule has 0 bridgehead atoms. The summed E-state index contributed by atoms with van der Waals surface area (Å²) >= 11 is 0. The van der Waals surface area contributed by atoms with Gasteiger partial charge in [0.2, 0.25) is 5.91 Å². The van der Waals surface area contributed by atoms with Crippen molar-refractivity contribution in [3.05, 3.63) is 46.8 Å². The fraction of sp³-hybridized carbons (Fsp3) is 0.444. The van der Waals surface area contributed by atoms with E-state index in [0.717, 1.165) is 11.9 Å². The number of likely N-dealkylation sites (tertiary alicyclic amines) is 1. The van der Waals surface area contributed by atoms with E-state index in [1.54, 1.807) is 12.3 Å². The first-order chi connectivity index (χ1) is 11.6. The van der Waals surface area contributed by atoms with E-state index in [1.165, 1.54) is 6.07 Å². The zero-order valence-corrected chi connectivity index (χ0v) is 13.5. The van der Waals surface area contributed by atoms with E-state index >= 15 is 0 Å². The minimum Gasteiger partial charge on any atom is -0.381 e. The van der Waals surface area contributed by atoms with Gasteiger partial charge in [0.15, 0.2) is 5.43 Å². The Balaban J connectivity index is 1.57. The minimum atomic E-state index is -0.320. The van der Waals surface area contributed by atoms with Crippen molar-refractivity contribution < 1.29 is 9.53 Å². The van der Waals surface area contributed by atoms with E-state index in [0.29, 0.717) is 31.7 Å². The Bertz CT molecular complexity index is 847. The quantitative estimate of drug-likeness (QED) is 0.875. The number of fused-ring (bicyclic) bond motifs is 2. The van der Waals surface area contributed by atoms with Crippen LogP contribution in [-0.2, 0) is 16.1 Å². The molecule has 1 aromatic heterocycles. The lowest BCUT2D eigenvalue weighted by Gasteiger charge is -2.34. The van der Waals surface area contributed by atoms with Crippen LogP contribution in [0.3, 0.4) is 0 Å². The van der Waals surface area contributed by atoms with E-state index in [2.05, 4.69) is 0 Å². The summed E-state index contributed by atoms with van der Waals surface area (Å²) in [5.41, 5.74) is 6.90. The van der Waals surface area contributed by atoms with Crippen LogP contribution in [0, 0.1) is 5.92 Å². The lowest BCUT2D eigenvalue weighted by molar-refractivity contribution is -0.131. The van der Waals surface area contributed by atoms with Crippen molar-refractivity contribution in [3.8, 4) is 0 Å². The number of hydrogen-bond donors (Lipinski definition) is 1. The number of rotatable bonds is 2. The van der Waals surface area contributed by atoms with E-state index < -0.39 is 0 Å². The number of pyridine rings is 1. The minimum absolute atomic E-state index is 0.0282. The predicted molar refractivity (Wildman–Crippen MR) is 90.6 cm³/mol. The van der Waals surface area contributed by atoms with E-state index in [-0.39, 0.29) is 29.3 Å². The van der Waals surface area contributed by atoms with Crippen molar-refractivity contribution >= 4 is 16.8 Å². The molecule has 0 unspecified atom stereocenters. The van der Waals surface area contributed by atoms with Crippen LogP contribution >= 0.6 is 0 Å². The lowest BCUT2D eigenvalue weighted by atomic mass is 9.84. The third-order valence-corrected chi connectivity index (χ3v) is 5.31. The van der Waals surface area contributed by atoms with Gasteiger partial charge >= 0.3 is 0 Å². The number of hydrogen-bond acceptors (Lipinski definition) is 4. The van der Waals surface area contributed by atoms with Crippen LogP contribution in [0.15, 0.2) is 41.3 Å². The van der Waals surface area contributed by atoms with Gasteiger partial charge in [0, 0.05) is 48.8 Å². The molecule has 2 N–H and O–H groups in total. The topological polar surface area (TPSA) is 77.6 Å². The van der Waals surface area contributed by atoms with Gasteiger partial charge in [-0.3, -0.25) is 9.59 Å². The summed E-state index contributed by atoms with van der Waals surface area (Å²) < 4.78 is 7.34. The SMILES string of the molecule is N[C@@]12CCOC[C@@H]1CN(C(=O)Cn1ccc(=O)c3ccccc31)C2. The molecule has 6 nitrogen and oxygen atoms in total. The number of aromatic nitrogens is 1. The Labute approximate surface area is 139 Å². The smallest absolute Gasteiger partial charge is 0.242 e. The third-order valence-electron chi connectivity index (χ3n) is 5.31. The normalized spacial score (nSPS) is 26.5. The Kier molecular flexibility index (Phi) is 3.66. The highest BCUT2D eigenvalue weighted by atomic mass is 16.5. The van der Waals surface area contributed by atoms with Crippen LogP contribution in [-0.4, -0.2) is 47.2 Å². The second-order valence-corrected chi connectivity index (χ2v) is 6.85.